The molecule has 1 aromatic heterocycles. The third-order valence-electron chi connectivity index (χ3n) is 11.5. The van der Waals surface area contributed by atoms with E-state index < -0.39 is 0 Å². The topological polar surface area (TPSA) is 55.5 Å². The Morgan fingerprint density at radius 1 is 1.09 bits per heavy atom. The number of hydrogen-bond acceptors (Lipinski definition) is 4. The molecular formula is C31H49NO3. The quantitative estimate of drug-likeness (QED) is 0.387. The van der Waals surface area contributed by atoms with Crippen molar-refractivity contribution in [2.75, 3.05) is 0 Å². The van der Waals surface area contributed by atoms with Gasteiger partial charge in [-0.3, -0.25) is 0 Å². The average Bonchev–Trinajstić information content (AvgIpc) is 3.48. The van der Waals surface area contributed by atoms with Gasteiger partial charge in [0.2, 0.25) is 0 Å². The summed E-state index contributed by atoms with van der Waals surface area (Å²) in [6.45, 7) is 12.5. The Morgan fingerprint density at radius 2 is 1.91 bits per heavy atom. The minimum absolute atomic E-state index is 0.144. The van der Waals surface area contributed by atoms with E-state index in [1.54, 1.807) is 11.8 Å². The fourth-order valence-electron chi connectivity index (χ4n) is 9.23. The highest BCUT2D eigenvalue weighted by atomic mass is 16.5. The molecule has 0 aromatic carbocycles. The summed E-state index contributed by atoms with van der Waals surface area (Å²) < 4.78 is 11.5. The average molecular weight is 484 g/mol. The molecule has 0 bridgehead atoms. The summed E-state index contributed by atoms with van der Waals surface area (Å²) in [6, 6.07) is 1.90. The van der Waals surface area contributed by atoms with E-state index in [0.717, 1.165) is 54.6 Å². The summed E-state index contributed by atoms with van der Waals surface area (Å²) in [5, 5.41) is 14.2. The molecule has 1 N–H and O–H groups in total. The highest BCUT2D eigenvalue weighted by Gasteiger charge is 2.59. The zero-order chi connectivity index (χ0) is 24.8. The minimum Gasteiger partial charge on any atom is -0.393 e. The van der Waals surface area contributed by atoms with E-state index in [9.17, 15) is 5.11 Å². The number of aliphatic hydroxyl groups excluding tert-OH is 1. The van der Waals surface area contributed by atoms with Gasteiger partial charge >= 0.3 is 0 Å². The van der Waals surface area contributed by atoms with Gasteiger partial charge in [0.15, 0.2) is 5.76 Å². The van der Waals surface area contributed by atoms with E-state index in [1.807, 2.05) is 6.07 Å². The monoisotopic (exact) mass is 483 g/mol. The molecule has 5 rings (SSSR count). The molecule has 3 saturated carbocycles. The first kappa shape index (κ1) is 25.5. The van der Waals surface area contributed by atoms with Crippen molar-refractivity contribution < 1.29 is 14.4 Å². The van der Waals surface area contributed by atoms with Gasteiger partial charge in [-0.2, -0.15) is 0 Å². The number of fused-ring (bicyclic) bond motifs is 5. The second-order valence-electron chi connectivity index (χ2n) is 13.5. The van der Waals surface area contributed by atoms with Crippen LogP contribution in [0.1, 0.15) is 105 Å². The minimum atomic E-state index is -0.144. The molecule has 0 amide bonds. The van der Waals surface area contributed by atoms with Crippen LogP contribution in [0.5, 0.6) is 0 Å². The van der Waals surface area contributed by atoms with Crippen LogP contribution in [0.4, 0.5) is 0 Å². The van der Waals surface area contributed by atoms with Crippen LogP contribution in [0.25, 0.3) is 0 Å². The van der Waals surface area contributed by atoms with E-state index >= 15 is 0 Å². The second kappa shape index (κ2) is 9.97. The molecule has 0 spiro atoms. The number of ether oxygens (including phenoxy) is 1. The van der Waals surface area contributed by atoms with E-state index in [0.29, 0.717) is 29.5 Å². The summed E-state index contributed by atoms with van der Waals surface area (Å²) in [5.41, 5.74) is 2.53. The van der Waals surface area contributed by atoms with E-state index in [4.69, 9.17) is 9.26 Å². The molecular weight excluding hydrogens is 434 g/mol. The highest BCUT2D eigenvalue weighted by molar-refractivity contribution is 5.25. The van der Waals surface area contributed by atoms with Crippen molar-refractivity contribution in [3.8, 4) is 0 Å². The molecule has 1 aromatic rings. The first-order valence-electron chi connectivity index (χ1n) is 14.6. The Labute approximate surface area is 213 Å². The molecule has 196 valence electrons. The lowest BCUT2D eigenvalue weighted by Gasteiger charge is -2.58. The van der Waals surface area contributed by atoms with E-state index in [-0.39, 0.29) is 6.10 Å². The summed E-state index contributed by atoms with van der Waals surface area (Å²) in [6.07, 6.45) is 17.0. The molecule has 0 radical (unpaired) electrons. The predicted octanol–water partition coefficient (Wildman–Crippen LogP) is 7.57. The standard InChI is InChI=1S/C31H49NO3/c1-20(2)29(33)11-6-21(3)26-9-10-27-25-8-7-22-18-23(34-19-24-14-17-32-35-24)12-15-30(22,4)28(25)13-16-31(26,27)5/h7,14,17,20-21,23,25-29,33H,6,8-13,15-16,18-19H2,1-5H3/t21-,23+,25+,26-,27+,28+,29+,30+,31-/m1/s1. The molecule has 4 heteroatoms. The van der Waals surface area contributed by atoms with Gasteiger partial charge < -0.3 is 14.4 Å². The van der Waals surface area contributed by atoms with Gasteiger partial charge in [-0.25, -0.2) is 0 Å². The normalized spacial score (nSPS) is 40.5. The molecule has 4 nitrogen and oxygen atoms in total. The lowest BCUT2D eigenvalue weighted by atomic mass is 9.47. The van der Waals surface area contributed by atoms with Crippen LogP contribution in [0.2, 0.25) is 0 Å². The first-order valence-corrected chi connectivity index (χ1v) is 14.6. The molecule has 1 heterocycles. The van der Waals surface area contributed by atoms with Crippen molar-refractivity contribution in [3.05, 3.63) is 29.7 Å². The molecule has 4 aliphatic carbocycles. The smallest absolute Gasteiger partial charge is 0.162 e. The van der Waals surface area contributed by atoms with Crippen LogP contribution in [-0.2, 0) is 11.3 Å². The maximum atomic E-state index is 10.4. The number of aromatic nitrogens is 1. The Balaban J connectivity index is 1.24. The molecule has 4 aliphatic rings. The third-order valence-corrected chi connectivity index (χ3v) is 11.5. The lowest BCUT2D eigenvalue weighted by molar-refractivity contribution is -0.0673. The predicted molar refractivity (Wildman–Crippen MR) is 140 cm³/mol. The first-order chi connectivity index (χ1) is 16.7. The van der Waals surface area contributed by atoms with Crippen molar-refractivity contribution >= 4 is 0 Å². The maximum absolute atomic E-state index is 10.4. The molecule has 9 atom stereocenters. The molecule has 0 unspecified atom stereocenters. The maximum Gasteiger partial charge on any atom is 0.162 e. The van der Waals surface area contributed by atoms with Gasteiger partial charge in [0.05, 0.1) is 18.4 Å². The van der Waals surface area contributed by atoms with Gasteiger partial charge in [-0.15, -0.1) is 0 Å². The van der Waals surface area contributed by atoms with Crippen LogP contribution in [0.3, 0.4) is 0 Å². The Kier molecular flexibility index (Phi) is 7.27. The summed E-state index contributed by atoms with van der Waals surface area (Å²) in [4.78, 5) is 0. The van der Waals surface area contributed by atoms with Gasteiger partial charge in [0.25, 0.3) is 0 Å². The lowest BCUT2D eigenvalue weighted by Crippen LogP contribution is -2.51. The second-order valence-corrected chi connectivity index (χ2v) is 13.5. The summed E-state index contributed by atoms with van der Waals surface area (Å²) >= 11 is 0. The fourth-order valence-corrected chi connectivity index (χ4v) is 9.23. The Hall–Kier alpha value is -1.13. The third kappa shape index (κ3) is 4.67. The van der Waals surface area contributed by atoms with Crippen molar-refractivity contribution in [1.82, 2.24) is 5.16 Å². The number of hydrogen-bond donors (Lipinski definition) is 1. The number of aliphatic hydroxyl groups is 1. The van der Waals surface area contributed by atoms with Gasteiger partial charge in [-0.05, 0) is 111 Å². The van der Waals surface area contributed by atoms with E-state index in [1.165, 1.54) is 44.9 Å². The van der Waals surface area contributed by atoms with Crippen LogP contribution >= 0.6 is 0 Å². The number of nitrogens with zero attached hydrogens (tertiary/aromatic N) is 1. The molecule has 3 fully saturated rings. The fraction of sp³-hybridized carbons (Fsp3) is 0.839. The van der Waals surface area contributed by atoms with Crippen molar-refractivity contribution in [2.45, 2.75) is 118 Å². The van der Waals surface area contributed by atoms with E-state index in [2.05, 4.69) is 45.9 Å². The Morgan fingerprint density at radius 3 is 2.66 bits per heavy atom. The van der Waals surface area contributed by atoms with Crippen LogP contribution < -0.4 is 0 Å². The summed E-state index contributed by atoms with van der Waals surface area (Å²) in [5.74, 6) is 5.31. The molecule has 0 aliphatic heterocycles. The highest BCUT2D eigenvalue weighted by Crippen LogP contribution is 2.67. The van der Waals surface area contributed by atoms with Crippen molar-refractivity contribution in [1.29, 1.82) is 0 Å². The largest absolute Gasteiger partial charge is 0.393 e. The number of rotatable bonds is 8. The van der Waals surface area contributed by atoms with Gasteiger partial charge in [0.1, 0.15) is 6.61 Å². The number of allylic oxidation sites excluding steroid dienone is 1. The zero-order valence-corrected chi connectivity index (χ0v) is 22.8. The molecule has 35 heavy (non-hydrogen) atoms. The van der Waals surface area contributed by atoms with Crippen LogP contribution in [-0.4, -0.2) is 22.5 Å². The molecule has 0 saturated heterocycles. The van der Waals surface area contributed by atoms with Crippen LogP contribution in [0.15, 0.2) is 28.4 Å². The zero-order valence-electron chi connectivity index (χ0n) is 22.8. The SMILES string of the molecule is CC(C)[C@@H](O)CC[C@@H](C)[C@H]1CC[C@H]2[C@@H]3CC=C4C[C@@H](OCc5ccno5)CC[C@]4(C)[C@H]3CC[C@]12C. The Bertz CT molecular complexity index is 878. The van der Waals surface area contributed by atoms with Crippen molar-refractivity contribution in [3.63, 3.8) is 0 Å². The van der Waals surface area contributed by atoms with Crippen LogP contribution in [0, 0.1) is 46.3 Å². The van der Waals surface area contributed by atoms with Gasteiger partial charge in [0, 0.05) is 6.07 Å². The van der Waals surface area contributed by atoms with Crippen molar-refractivity contribution in [2.24, 2.45) is 46.3 Å². The van der Waals surface area contributed by atoms with Gasteiger partial charge in [-0.1, -0.05) is 51.4 Å². The summed E-state index contributed by atoms with van der Waals surface area (Å²) in [7, 11) is 0.